The van der Waals surface area contributed by atoms with E-state index in [1.165, 1.54) is 0 Å². The number of rotatable bonds is 6. The van der Waals surface area contributed by atoms with E-state index in [9.17, 15) is 9.59 Å². The highest BCUT2D eigenvalue weighted by molar-refractivity contribution is 6.30. The predicted octanol–water partition coefficient (Wildman–Crippen LogP) is 4.58. The largest absolute Gasteiger partial charge is 0.419 e. The van der Waals surface area contributed by atoms with Crippen LogP contribution in [-0.4, -0.2) is 27.0 Å². The van der Waals surface area contributed by atoms with Crippen molar-refractivity contribution in [2.75, 3.05) is 0 Å². The molecule has 164 valence electrons. The minimum atomic E-state index is -1.22. The van der Waals surface area contributed by atoms with Crippen LogP contribution in [0.1, 0.15) is 17.0 Å². The van der Waals surface area contributed by atoms with Gasteiger partial charge in [0.1, 0.15) is 6.54 Å². The monoisotopic (exact) mass is 458 g/mol. The third-order valence-electron chi connectivity index (χ3n) is 5.61. The van der Waals surface area contributed by atoms with Crippen molar-refractivity contribution >= 4 is 23.5 Å². The molecular weight excluding hydrogens is 440 g/mol. The molecule has 0 bridgehead atoms. The number of aromatic nitrogens is 2. The molecule has 0 aliphatic carbocycles. The van der Waals surface area contributed by atoms with Gasteiger partial charge in [-0.25, -0.2) is 4.79 Å². The van der Waals surface area contributed by atoms with Gasteiger partial charge in [-0.1, -0.05) is 72.3 Å². The topological polar surface area (TPSA) is 88.3 Å². The standard InChI is InChI=1S/C25H19ClN4O3/c26-20-13-11-18(12-14-20)22-29-28-21(33-22)16-30-23(31)25(27-24(30)32,19-9-5-2-6-10-19)15-17-7-3-1-4-8-17/h1-14H,15-16H2,(H,27,32)/t25-/m0/s1. The van der Waals surface area contributed by atoms with Crippen molar-refractivity contribution in [2.45, 2.75) is 18.5 Å². The van der Waals surface area contributed by atoms with Gasteiger partial charge in [-0.3, -0.25) is 9.69 Å². The number of nitrogens with zero attached hydrogens (tertiary/aromatic N) is 3. The van der Waals surface area contributed by atoms with Crippen molar-refractivity contribution in [3.63, 3.8) is 0 Å². The van der Waals surface area contributed by atoms with E-state index in [1.807, 2.05) is 60.7 Å². The molecule has 7 nitrogen and oxygen atoms in total. The fourth-order valence-electron chi connectivity index (χ4n) is 3.97. The number of carbonyl (C=O) groups excluding carboxylic acids is 2. The van der Waals surface area contributed by atoms with Gasteiger partial charge in [0.25, 0.3) is 5.91 Å². The molecule has 0 unspecified atom stereocenters. The molecule has 3 aromatic carbocycles. The number of hydrogen-bond acceptors (Lipinski definition) is 5. The third-order valence-corrected chi connectivity index (χ3v) is 5.86. The number of halogens is 1. The van der Waals surface area contributed by atoms with Crippen LogP contribution < -0.4 is 5.32 Å². The fourth-order valence-corrected chi connectivity index (χ4v) is 4.10. The molecule has 1 aliphatic heterocycles. The summed E-state index contributed by atoms with van der Waals surface area (Å²) in [5, 5.41) is 11.6. The van der Waals surface area contributed by atoms with Gasteiger partial charge in [-0.2, -0.15) is 0 Å². The van der Waals surface area contributed by atoms with Gasteiger partial charge < -0.3 is 9.73 Å². The molecule has 2 heterocycles. The second-order valence-electron chi connectivity index (χ2n) is 7.76. The molecule has 4 aromatic rings. The van der Waals surface area contributed by atoms with Gasteiger partial charge in [-0.05, 0) is 35.4 Å². The van der Waals surface area contributed by atoms with Gasteiger partial charge >= 0.3 is 6.03 Å². The van der Waals surface area contributed by atoms with E-state index in [2.05, 4.69) is 15.5 Å². The first-order chi connectivity index (χ1) is 16.0. The average Bonchev–Trinajstić information content (AvgIpc) is 3.40. The average molecular weight is 459 g/mol. The van der Waals surface area contributed by atoms with Crippen LogP contribution in [0.15, 0.2) is 89.3 Å². The maximum Gasteiger partial charge on any atom is 0.325 e. The van der Waals surface area contributed by atoms with Crippen molar-refractivity contribution in [3.8, 4) is 11.5 Å². The lowest BCUT2D eigenvalue weighted by atomic mass is 9.83. The lowest BCUT2D eigenvalue weighted by Gasteiger charge is -2.27. The number of carbonyl (C=O) groups is 2. The second-order valence-corrected chi connectivity index (χ2v) is 8.20. The minimum Gasteiger partial charge on any atom is -0.419 e. The predicted molar refractivity (Wildman–Crippen MR) is 122 cm³/mol. The molecule has 1 aliphatic rings. The molecule has 3 amide bonds. The van der Waals surface area contributed by atoms with E-state index in [0.29, 0.717) is 22.6 Å². The van der Waals surface area contributed by atoms with E-state index < -0.39 is 11.6 Å². The zero-order valence-electron chi connectivity index (χ0n) is 17.4. The Hall–Kier alpha value is -3.97. The van der Waals surface area contributed by atoms with Gasteiger partial charge in [0.2, 0.25) is 11.8 Å². The lowest BCUT2D eigenvalue weighted by molar-refractivity contribution is -0.132. The fraction of sp³-hybridized carbons (Fsp3) is 0.120. The Morgan fingerprint density at radius 3 is 2.24 bits per heavy atom. The van der Waals surface area contributed by atoms with Crippen LogP contribution in [0, 0.1) is 0 Å². The number of benzene rings is 3. The normalized spacial score (nSPS) is 17.9. The van der Waals surface area contributed by atoms with Crippen LogP contribution in [0.25, 0.3) is 11.5 Å². The summed E-state index contributed by atoms with van der Waals surface area (Å²) in [5.41, 5.74) is 1.11. The van der Waals surface area contributed by atoms with Gasteiger partial charge in [0.15, 0.2) is 5.54 Å². The van der Waals surface area contributed by atoms with Crippen molar-refractivity contribution in [1.29, 1.82) is 0 Å². The number of urea groups is 1. The maximum atomic E-state index is 13.7. The van der Waals surface area contributed by atoms with Crippen LogP contribution in [0.4, 0.5) is 4.79 Å². The van der Waals surface area contributed by atoms with Crippen LogP contribution in [0.5, 0.6) is 0 Å². The second kappa shape index (κ2) is 8.52. The molecular formula is C25H19ClN4O3. The smallest absolute Gasteiger partial charge is 0.325 e. The molecule has 0 spiro atoms. The maximum absolute atomic E-state index is 13.7. The summed E-state index contributed by atoms with van der Waals surface area (Å²) in [6.45, 7) is -0.130. The van der Waals surface area contributed by atoms with Crippen LogP contribution >= 0.6 is 11.6 Å². The molecule has 1 saturated heterocycles. The molecule has 1 N–H and O–H groups in total. The van der Waals surface area contributed by atoms with Gasteiger partial charge in [0.05, 0.1) is 0 Å². The summed E-state index contributed by atoms with van der Waals surface area (Å²) in [4.78, 5) is 27.8. The summed E-state index contributed by atoms with van der Waals surface area (Å²) in [6.07, 6.45) is 0.318. The molecule has 1 fully saturated rings. The summed E-state index contributed by atoms with van der Waals surface area (Å²) in [6, 6.07) is 25.3. The zero-order chi connectivity index (χ0) is 22.8. The molecule has 1 atom stereocenters. The summed E-state index contributed by atoms with van der Waals surface area (Å²) < 4.78 is 5.72. The van der Waals surface area contributed by atoms with Crippen molar-refractivity contribution < 1.29 is 14.0 Å². The van der Waals surface area contributed by atoms with Crippen LogP contribution in [-0.2, 0) is 23.3 Å². The van der Waals surface area contributed by atoms with E-state index in [-0.39, 0.29) is 24.2 Å². The highest BCUT2D eigenvalue weighted by Crippen LogP contribution is 2.34. The first-order valence-corrected chi connectivity index (χ1v) is 10.7. The first kappa shape index (κ1) is 20.9. The Bertz CT molecular complexity index is 1290. The third kappa shape index (κ3) is 3.99. The molecule has 5 rings (SSSR count). The van der Waals surface area contributed by atoms with Crippen LogP contribution in [0.3, 0.4) is 0 Å². The molecule has 8 heteroatoms. The quantitative estimate of drug-likeness (QED) is 0.427. The molecule has 0 radical (unpaired) electrons. The van der Waals surface area contributed by atoms with Crippen molar-refractivity contribution in [2.24, 2.45) is 0 Å². The van der Waals surface area contributed by atoms with E-state index in [0.717, 1.165) is 10.5 Å². The number of hydrogen-bond donors (Lipinski definition) is 1. The number of nitrogens with one attached hydrogen (secondary N) is 1. The first-order valence-electron chi connectivity index (χ1n) is 10.4. The molecule has 33 heavy (non-hydrogen) atoms. The number of imide groups is 1. The summed E-state index contributed by atoms with van der Waals surface area (Å²) in [5.74, 6) is 0.0770. The van der Waals surface area contributed by atoms with Crippen molar-refractivity contribution in [3.05, 3.63) is 107 Å². The Morgan fingerprint density at radius 1 is 0.879 bits per heavy atom. The minimum absolute atomic E-state index is 0.130. The highest BCUT2D eigenvalue weighted by Gasteiger charge is 2.52. The summed E-state index contributed by atoms with van der Waals surface area (Å²) in [7, 11) is 0. The highest BCUT2D eigenvalue weighted by atomic mass is 35.5. The Kier molecular flexibility index (Phi) is 5.40. The molecule has 0 saturated carbocycles. The SMILES string of the molecule is O=C1N[C@@](Cc2ccccc2)(c2ccccc2)C(=O)N1Cc1nnc(-c2ccc(Cl)cc2)o1. The summed E-state index contributed by atoms with van der Waals surface area (Å²) >= 11 is 5.93. The van der Waals surface area contributed by atoms with E-state index >= 15 is 0 Å². The Labute approximate surface area is 195 Å². The van der Waals surface area contributed by atoms with Gasteiger partial charge in [0, 0.05) is 17.0 Å². The number of amides is 3. The van der Waals surface area contributed by atoms with E-state index in [1.54, 1.807) is 24.3 Å². The molecule has 1 aromatic heterocycles. The lowest BCUT2D eigenvalue weighted by Crippen LogP contribution is -2.46. The Balaban J connectivity index is 1.44. The van der Waals surface area contributed by atoms with Crippen molar-refractivity contribution in [1.82, 2.24) is 20.4 Å². The van der Waals surface area contributed by atoms with E-state index in [4.69, 9.17) is 16.0 Å². The van der Waals surface area contributed by atoms with Crippen LogP contribution in [0.2, 0.25) is 5.02 Å². The Morgan fingerprint density at radius 2 is 1.55 bits per heavy atom. The zero-order valence-corrected chi connectivity index (χ0v) is 18.2. The van der Waals surface area contributed by atoms with Gasteiger partial charge in [-0.15, -0.1) is 10.2 Å².